The van der Waals surface area contributed by atoms with E-state index in [2.05, 4.69) is 5.32 Å². The lowest BCUT2D eigenvalue weighted by Gasteiger charge is -2.06. The Morgan fingerprint density at radius 2 is 1.50 bits per heavy atom. The molecule has 0 saturated heterocycles. The number of amides is 1. The Morgan fingerprint density at radius 1 is 0.909 bits per heavy atom. The van der Waals surface area contributed by atoms with E-state index >= 15 is 0 Å². The average Bonchev–Trinajstić information content (AvgIpc) is 2.49. The second kappa shape index (κ2) is 10.7. The van der Waals surface area contributed by atoms with E-state index in [9.17, 15) is 14.7 Å². The second-order valence-electron chi connectivity index (χ2n) is 5.39. The molecule has 1 amide bonds. The molecule has 0 radical (unpaired) electrons. The molecular weight excluding hydrogens is 282 g/mol. The third-order valence-electron chi connectivity index (χ3n) is 3.50. The van der Waals surface area contributed by atoms with Gasteiger partial charge in [-0.3, -0.25) is 9.59 Å². The van der Waals surface area contributed by atoms with E-state index in [0.717, 1.165) is 44.9 Å². The number of aliphatic carboxylic acids is 1. The van der Waals surface area contributed by atoms with Gasteiger partial charge < -0.3 is 15.5 Å². The Hall–Kier alpha value is -2.04. The van der Waals surface area contributed by atoms with Crippen molar-refractivity contribution in [1.29, 1.82) is 0 Å². The minimum Gasteiger partial charge on any atom is -0.507 e. The SMILES string of the molecule is O=C(O)CCCCCCCCCNC(=O)c1ccccc1O. The number of carbonyl (C=O) groups excluding carboxylic acids is 1. The number of hydrogen-bond acceptors (Lipinski definition) is 3. The summed E-state index contributed by atoms with van der Waals surface area (Å²) >= 11 is 0. The fourth-order valence-corrected chi connectivity index (χ4v) is 2.25. The van der Waals surface area contributed by atoms with Crippen LogP contribution in [0, 0.1) is 0 Å². The number of carboxylic acids is 1. The first-order valence-corrected chi connectivity index (χ1v) is 7.89. The van der Waals surface area contributed by atoms with E-state index in [0.29, 0.717) is 12.1 Å². The van der Waals surface area contributed by atoms with Gasteiger partial charge in [0.1, 0.15) is 5.75 Å². The molecule has 0 heterocycles. The summed E-state index contributed by atoms with van der Waals surface area (Å²) in [5, 5.41) is 20.9. The zero-order valence-corrected chi connectivity index (χ0v) is 12.9. The third-order valence-corrected chi connectivity index (χ3v) is 3.50. The van der Waals surface area contributed by atoms with Gasteiger partial charge in [-0.25, -0.2) is 0 Å². The average molecular weight is 307 g/mol. The lowest BCUT2D eigenvalue weighted by molar-refractivity contribution is -0.137. The van der Waals surface area contributed by atoms with E-state index < -0.39 is 5.97 Å². The Labute approximate surface area is 131 Å². The molecule has 122 valence electrons. The Morgan fingerprint density at radius 3 is 2.14 bits per heavy atom. The molecule has 0 fully saturated rings. The Balaban J connectivity index is 1.99. The summed E-state index contributed by atoms with van der Waals surface area (Å²) < 4.78 is 0. The lowest BCUT2D eigenvalue weighted by Crippen LogP contribution is -2.24. The highest BCUT2D eigenvalue weighted by molar-refractivity contribution is 5.96. The van der Waals surface area contributed by atoms with Gasteiger partial charge in [0.15, 0.2) is 0 Å². The maximum absolute atomic E-state index is 11.8. The van der Waals surface area contributed by atoms with E-state index in [1.807, 2.05) is 0 Å². The molecule has 5 heteroatoms. The molecule has 1 rings (SSSR count). The van der Waals surface area contributed by atoms with Crippen molar-refractivity contribution in [2.75, 3.05) is 6.54 Å². The number of carboxylic acid groups (broad SMARTS) is 1. The van der Waals surface area contributed by atoms with Gasteiger partial charge in [-0.05, 0) is 25.0 Å². The Bertz CT molecular complexity index is 473. The molecule has 0 atom stereocenters. The van der Waals surface area contributed by atoms with Crippen molar-refractivity contribution in [3.63, 3.8) is 0 Å². The number of phenols is 1. The van der Waals surface area contributed by atoms with Crippen molar-refractivity contribution < 1.29 is 19.8 Å². The molecule has 22 heavy (non-hydrogen) atoms. The minimum atomic E-state index is -0.722. The summed E-state index contributed by atoms with van der Waals surface area (Å²) in [6, 6.07) is 6.50. The third kappa shape index (κ3) is 7.67. The normalized spacial score (nSPS) is 10.4. The zero-order chi connectivity index (χ0) is 16.2. The number of hydrogen-bond donors (Lipinski definition) is 3. The maximum atomic E-state index is 11.8. The van der Waals surface area contributed by atoms with Crippen LogP contribution in [0.3, 0.4) is 0 Å². The van der Waals surface area contributed by atoms with Crippen LogP contribution in [0.1, 0.15) is 61.7 Å². The summed E-state index contributed by atoms with van der Waals surface area (Å²) in [5.41, 5.74) is 0.306. The summed E-state index contributed by atoms with van der Waals surface area (Å²) in [7, 11) is 0. The van der Waals surface area contributed by atoms with Gasteiger partial charge >= 0.3 is 5.97 Å². The fraction of sp³-hybridized carbons (Fsp3) is 0.529. The van der Waals surface area contributed by atoms with Crippen molar-refractivity contribution in [2.45, 2.75) is 51.4 Å². The number of benzene rings is 1. The molecule has 5 nitrogen and oxygen atoms in total. The molecule has 0 saturated carbocycles. The van der Waals surface area contributed by atoms with Gasteiger partial charge in [0.2, 0.25) is 0 Å². The fourth-order valence-electron chi connectivity index (χ4n) is 2.25. The lowest BCUT2D eigenvalue weighted by atomic mass is 10.1. The van der Waals surface area contributed by atoms with Crippen LogP contribution in [-0.2, 0) is 4.79 Å². The molecule has 0 bridgehead atoms. The predicted octanol–water partition coefficient (Wildman–Crippen LogP) is 3.33. The predicted molar refractivity (Wildman–Crippen MR) is 85.0 cm³/mol. The van der Waals surface area contributed by atoms with Crippen molar-refractivity contribution in [3.05, 3.63) is 29.8 Å². The summed E-state index contributed by atoms with van der Waals surface area (Å²) in [5.74, 6) is -0.965. The smallest absolute Gasteiger partial charge is 0.303 e. The van der Waals surface area contributed by atoms with Crippen molar-refractivity contribution in [1.82, 2.24) is 5.32 Å². The second-order valence-corrected chi connectivity index (χ2v) is 5.39. The first-order valence-electron chi connectivity index (χ1n) is 7.89. The minimum absolute atomic E-state index is 0.00126. The topological polar surface area (TPSA) is 86.6 Å². The first-order chi connectivity index (χ1) is 10.6. The molecule has 3 N–H and O–H groups in total. The monoisotopic (exact) mass is 307 g/mol. The first kappa shape index (κ1) is 18.0. The van der Waals surface area contributed by atoms with Crippen LogP contribution in [0.15, 0.2) is 24.3 Å². The number of nitrogens with one attached hydrogen (secondary N) is 1. The van der Waals surface area contributed by atoms with Crippen LogP contribution in [0.25, 0.3) is 0 Å². The molecule has 0 aromatic heterocycles. The number of rotatable bonds is 11. The number of aromatic hydroxyl groups is 1. The van der Waals surface area contributed by atoms with E-state index in [4.69, 9.17) is 5.11 Å². The van der Waals surface area contributed by atoms with Gasteiger partial charge in [0.25, 0.3) is 5.91 Å². The van der Waals surface area contributed by atoms with E-state index in [-0.39, 0.29) is 18.1 Å². The highest BCUT2D eigenvalue weighted by atomic mass is 16.4. The van der Waals surface area contributed by atoms with Gasteiger partial charge in [0, 0.05) is 13.0 Å². The van der Waals surface area contributed by atoms with Gasteiger partial charge in [-0.1, -0.05) is 44.2 Å². The summed E-state index contributed by atoms with van der Waals surface area (Å²) in [6.45, 7) is 0.603. The molecule has 0 aliphatic heterocycles. The van der Waals surface area contributed by atoms with Crippen LogP contribution in [0.2, 0.25) is 0 Å². The van der Waals surface area contributed by atoms with Gasteiger partial charge in [0.05, 0.1) is 5.56 Å². The largest absolute Gasteiger partial charge is 0.507 e. The van der Waals surface area contributed by atoms with Crippen LogP contribution in [-0.4, -0.2) is 28.6 Å². The number of carbonyl (C=O) groups is 2. The summed E-state index contributed by atoms with van der Waals surface area (Å²) in [6.07, 6.45) is 7.21. The quantitative estimate of drug-likeness (QED) is 0.547. The van der Waals surface area contributed by atoms with Crippen LogP contribution < -0.4 is 5.32 Å². The number of unbranched alkanes of at least 4 members (excludes halogenated alkanes) is 6. The van der Waals surface area contributed by atoms with Crippen LogP contribution in [0.5, 0.6) is 5.75 Å². The number of para-hydroxylation sites is 1. The van der Waals surface area contributed by atoms with Crippen molar-refractivity contribution in [2.24, 2.45) is 0 Å². The molecule has 0 unspecified atom stereocenters. The molecule has 0 aliphatic rings. The standard InChI is InChI=1S/C17H25NO4/c19-15-11-8-7-10-14(15)17(22)18-13-9-5-3-1-2-4-6-12-16(20)21/h7-8,10-11,19H,1-6,9,12-13H2,(H,18,22)(H,20,21). The maximum Gasteiger partial charge on any atom is 0.303 e. The number of phenolic OH excluding ortho intramolecular Hbond substituents is 1. The van der Waals surface area contributed by atoms with Crippen LogP contribution >= 0.6 is 0 Å². The van der Waals surface area contributed by atoms with E-state index in [1.165, 1.54) is 6.07 Å². The zero-order valence-electron chi connectivity index (χ0n) is 12.9. The molecule has 0 aliphatic carbocycles. The van der Waals surface area contributed by atoms with Crippen LogP contribution in [0.4, 0.5) is 0 Å². The highest BCUT2D eigenvalue weighted by Gasteiger charge is 2.08. The van der Waals surface area contributed by atoms with Gasteiger partial charge in [-0.2, -0.15) is 0 Å². The van der Waals surface area contributed by atoms with Crippen molar-refractivity contribution in [3.8, 4) is 5.75 Å². The van der Waals surface area contributed by atoms with Gasteiger partial charge in [-0.15, -0.1) is 0 Å². The molecular formula is C17H25NO4. The van der Waals surface area contributed by atoms with Crippen molar-refractivity contribution >= 4 is 11.9 Å². The summed E-state index contributed by atoms with van der Waals surface area (Å²) in [4.78, 5) is 22.1. The molecule has 1 aromatic rings. The molecule has 0 spiro atoms. The highest BCUT2D eigenvalue weighted by Crippen LogP contribution is 2.15. The molecule has 1 aromatic carbocycles. The Kier molecular flexibility index (Phi) is 8.72. The van der Waals surface area contributed by atoms with E-state index in [1.54, 1.807) is 18.2 Å².